The van der Waals surface area contributed by atoms with E-state index >= 15 is 0 Å². The molecule has 168 valence electrons. The first-order valence-electron chi connectivity index (χ1n) is 9.75. The number of rotatable bonds is 5. The number of benzene rings is 3. The number of halogens is 3. The summed E-state index contributed by atoms with van der Waals surface area (Å²) in [5, 5.41) is 7.34. The lowest BCUT2D eigenvalue weighted by Crippen LogP contribution is -2.34. The van der Waals surface area contributed by atoms with Gasteiger partial charge in [-0.1, -0.05) is 35.3 Å². The van der Waals surface area contributed by atoms with Gasteiger partial charge in [-0.15, -0.1) is 11.3 Å². The van der Waals surface area contributed by atoms with Crippen LogP contribution in [0.5, 0.6) is 5.75 Å². The van der Waals surface area contributed by atoms with E-state index in [0.29, 0.717) is 43.7 Å². The molecule has 0 atom stereocenters. The second-order valence-electron chi connectivity index (χ2n) is 6.79. The van der Waals surface area contributed by atoms with Gasteiger partial charge in [0, 0.05) is 11.1 Å². The van der Waals surface area contributed by atoms with E-state index in [1.54, 1.807) is 30.3 Å². The van der Waals surface area contributed by atoms with Crippen molar-refractivity contribution in [2.45, 2.75) is 6.92 Å². The number of fused-ring (bicyclic) bond motifs is 1. The van der Waals surface area contributed by atoms with Crippen LogP contribution < -0.4 is 15.4 Å². The van der Waals surface area contributed by atoms with Crippen molar-refractivity contribution in [2.24, 2.45) is 0 Å². The SMILES string of the molecule is CCOc1ccc(C(=O)NC(=S)Nc2cc(-c3nc4ccccc4s3)c(Cl)cc2Cl)cc1Br. The van der Waals surface area contributed by atoms with Gasteiger partial charge in [-0.3, -0.25) is 10.1 Å². The zero-order valence-electron chi connectivity index (χ0n) is 17.1. The molecule has 0 spiro atoms. The predicted molar refractivity (Wildman–Crippen MR) is 144 cm³/mol. The van der Waals surface area contributed by atoms with Gasteiger partial charge < -0.3 is 10.1 Å². The molecule has 0 bridgehead atoms. The number of nitrogens with zero attached hydrogens (tertiary/aromatic N) is 1. The largest absolute Gasteiger partial charge is 0.493 e. The molecule has 0 aliphatic carbocycles. The fourth-order valence-electron chi connectivity index (χ4n) is 3.04. The van der Waals surface area contributed by atoms with Crippen LogP contribution in [0.25, 0.3) is 20.8 Å². The number of carbonyl (C=O) groups is 1. The van der Waals surface area contributed by atoms with Gasteiger partial charge >= 0.3 is 0 Å². The van der Waals surface area contributed by atoms with Crippen LogP contribution in [-0.2, 0) is 0 Å². The molecule has 2 N–H and O–H groups in total. The Morgan fingerprint density at radius 3 is 2.67 bits per heavy atom. The van der Waals surface area contributed by atoms with E-state index in [2.05, 4.69) is 31.5 Å². The van der Waals surface area contributed by atoms with Crippen molar-refractivity contribution < 1.29 is 9.53 Å². The molecule has 0 aliphatic rings. The molecule has 4 rings (SSSR count). The van der Waals surface area contributed by atoms with Crippen LogP contribution in [0.1, 0.15) is 17.3 Å². The third-order valence-corrected chi connectivity index (χ3v) is 7.07. The Labute approximate surface area is 218 Å². The Kier molecular flexibility index (Phi) is 7.51. The van der Waals surface area contributed by atoms with Crippen LogP contribution in [0.15, 0.2) is 59.1 Å². The van der Waals surface area contributed by atoms with E-state index in [4.69, 9.17) is 40.2 Å². The molecule has 1 aromatic heterocycles. The lowest BCUT2D eigenvalue weighted by atomic mass is 10.2. The summed E-state index contributed by atoms with van der Waals surface area (Å²) in [4.78, 5) is 17.3. The van der Waals surface area contributed by atoms with Crippen LogP contribution in [-0.4, -0.2) is 22.6 Å². The number of thiocarbonyl (C=S) groups is 1. The molecular formula is C23H16BrCl2N3O2S2. The highest BCUT2D eigenvalue weighted by atomic mass is 79.9. The number of aromatic nitrogens is 1. The fourth-order valence-corrected chi connectivity index (χ4v) is 5.31. The molecule has 0 saturated carbocycles. The summed E-state index contributed by atoms with van der Waals surface area (Å²) in [7, 11) is 0. The van der Waals surface area contributed by atoms with Gasteiger partial charge in [0.15, 0.2) is 5.11 Å². The van der Waals surface area contributed by atoms with Crippen LogP contribution in [0.4, 0.5) is 5.69 Å². The average Bonchev–Trinajstić information content (AvgIpc) is 3.21. The molecule has 0 fully saturated rings. The Morgan fingerprint density at radius 2 is 1.94 bits per heavy atom. The number of carbonyl (C=O) groups excluding carboxylic acids is 1. The number of ether oxygens (including phenoxy) is 1. The van der Waals surface area contributed by atoms with Crippen molar-refractivity contribution in [1.29, 1.82) is 0 Å². The molecule has 1 heterocycles. The smallest absolute Gasteiger partial charge is 0.257 e. The molecule has 10 heteroatoms. The lowest BCUT2D eigenvalue weighted by Gasteiger charge is -2.13. The summed E-state index contributed by atoms with van der Waals surface area (Å²) >= 11 is 23.1. The highest BCUT2D eigenvalue weighted by molar-refractivity contribution is 9.10. The summed E-state index contributed by atoms with van der Waals surface area (Å²) in [5.41, 5.74) is 2.54. The van der Waals surface area contributed by atoms with Gasteiger partial charge in [-0.2, -0.15) is 0 Å². The normalized spacial score (nSPS) is 10.8. The number of para-hydroxylation sites is 1. The first-order chi connectivity index (χ1) is 15.9. The molecule has 33 heavy (non-hydrogen) atoms. The number of nitrogens with one attached hydrogen (secondary N) is 2. The van der Waals surface area contributed by atoms with Gasteiger partial charge in [-0.05, 0) is 77.5 Å². The Hall–Kier alpha value is -2.23. The summed E-state index contributed by atoms with van der Waals surface area (Å²) in [6.07, 6.45) is 0. The van der Waals surface area contributed by atoms with Crippen molar-refractivity contribution in [3.8, 4) is 16.3 Å². The minimum Gasteiger partial charge on any atom is -0.493 e. The van der Waals surface area contributed by atoms with Gasteiger partial charge in [0.1, 0.15) is 10.8 Å². The van der Waals surface area contributed by atoms with Crippen LogP contribution in [0, 0.1) is 0 Å². The van der Waals surface area contributed by atoms with E-state index in [1.807, 2.05) is 31.2 Å². The molecule has 4 aromatic rings. The summed E-state index contributed by atoms with van der Waals surface area (Å²) < 4.78 is 7.21. The predicted octanol–water partition coefficient (Wildman–Crippen LogP) is 7.56. The monoisotopic (exact) mass is 579 g/mol. The Balaban J connectivity index is 1.52. The van der Waals surface area contributed by atoms with Crippen molar-refractivity contribution in [2.75, 3.05) is 11.9 Å². The Morgan fingerprint density at radius 1 is 1.15 bits per heavy atom. The summed E-state index contributed by atoms with van der Waals surface area (Å²) in [6, 6.07) is 16.3. The van der Waals surface area contributed by atoms with E-state index < -0.39 is 0 Å². The maximum Gasteiger partial charge on any atom is 0.257 e. The van der Waals surface area contributed by atoms with E-state index in [0.717, 1.165) is 15.2 Å². The molecular weight excluding hydrogens is 565 g/mol. The van der Waals surface area contributed by atoms with Crippen LogP contribution in [0.3, 0.4) is 0 Å². The topological polar surface area (TPSA) is 63.2 Å². The molecule has 0 saturated heterocycles. The zero-order chi connectivity index (χ0) is 23.5. The number of hydrogen-bond acceptors (Lipinski definition) is 5. The van der Waals surface area contributed by atoms with Crippen molar-refractivity contribution >= 4 is 89.6 Å². The lowest BCUT2D eigenvalue weighted by molar-refractivity contribution is 0.0977. The quantitative estimate of drug-likeness (QED) is 0.238. The highest BCUT2D eigenvalue weighted by Crippen LogP contribution is 2.39. The number of thiazole rings is 1. The van der Waals surface area contributed by atoms with Gasteiger partial charge in [-0.25, -0.2) is 4.98 Å². The van der Waals surface area contributed by atoms with Crippen LogP contribution in [0.2, 0.25) is 10.0 Å². The van der Waals surface area contributed by atoms with E-state index in [-0.39, 0.29) is 11.0 Å². The molecule has 1 amide bonds. The second kappa shape index (κ2) is 10.4. The molecule has 0 aliphatic heterocycles. The zero-order valence-corrected chi connectivity index (χ0v) is 21.8. The van der Waals surface area contributed by atoms with E-state index in [9.17, 15) is 4.79 Å². The minimum atomic E-state index is -0.368. The minimum absolute atomic E-state index is 0.101. The number of amides is 1. The van der Waals surface area contributed by atoms with Crippen molar-refractivity contribution in [3.05, 3.63) is 74.7 Å². The molecule has 5 nitrogen and oxygen atoms in total. The van der Waals surface area contributed by atoms with Crippen molar-refractivity contribution in [1.82, 2.24) is 10.3 Å². The molecule has 0 radical (unpaired) electrons. The third-order valence-electron chi connectivity index (χ3n) is 4.55. The third kappa shape index (κ3) is 5.47. The Bertz CT molecular complexity index is 1340. The highest BCUT2D eigenvalue weighted by Gasteiger charge is 2.16. The number of hydrogen-bond donors (Lipinski definition) is 2. The van der Waals surface area contributed by atoms with Gasteiger partial charge in [0.2, 0.25) is 0 Å². The van der Waals surface area contributed by atoms with Gasteiger partial charge in [0.05, 0.1) is 37.0 Å². The fraction of sp³-hybridized carbons (Fsp3) is 0.0870. The standard InChI is InChI=1S/C23H16BrCl2N3O2S2/c1-2-31-19-8-7-12(9-14(19)24)21(30)29-23(32)28-18-10-13(15(25)11-16(18)26)22-27-17-5-3-4-6-20(17)33-22/h3-11H,2H2,1H3,(H2,28,29,30,32). The first-order valence-corrected chi connectivity index (χ1v) is 12.5. The summed E-state index contributed by atoms with van der Waals surface area (Å²) in [6.45, 7) is 2.42. The molecule has 0 unspecified atom stereocenters. The van der Waals surface area contributed by atoms with Gasteiger partial charge in [0.25, 0.3) is 5.91 Å². The average molecular weight is 581 g/mol. The van der Waals surface area contributed by atoms with Crippen molar-refractivity contribution in [3.63, 3.8) is 0 Å². The molecule has 3 aromatic carbocycles. The summed E-state index contributed by atoms with van der Waals surface area (Å²) in [5.74, 6) is 0.290. The van der Waals surface area contributed by atoms with E-state index in [1.165, 1.54) is 11.3 Å². The second-order valence-corrected chi connectivity index (χ2v) is 9.89. The van der Waals surface area contributed by atoms with Crippen LogP contribution >= 0.6 is 62.7 Å². The maximum absolute atomic E-state index is 12.6. The maximum atomic E-state index is 12.6. The first kappa shape index (κ1) is 23.9. The number of anilines is 1.